The molecule has 0 bridgehead atoms. The van der Waals surface area contributed by atoms with Gasteiger partial charge >= 0.3 is 41.5 Å². The van der Waals surface area contributed by atoms with Crippen LogP contribution in [0, 0.1) is 18.3 Å². The number of rotatable bonds is 3. The van der Waals surface area contributed by atoms with Crippen molar-refractivity contribution in [1.82, 2.24) is 0 Å². The van der Waals surface area contributed by atoms with Crippen LogP contribution in [-0.4, -0.2) is 26.2 Å². The van der Waals surface area contributed by atoms with E-state index in [-0.39, 0.29) is 36.0 Å². The maximum Gasteiger partial charge on any atom is 1.00 e. The van der Waals surface area contributed by atoms with Crippen molar-refractivity contribution in [2.45, 2.75) is 6.42 Å². The van der Waals surface area contributed by atoms with Gasteiger partial charge in [-0.3, -0.25) is 9.59 Å². The molecule has 0 aliphatic rings. The number of methoxy groups -OCH3 is 2. The Bertz CT molecular complexity index is 203. The molecule has 0 saturated carbocycles. The summed E-state index contributed by atoms with van der Waals surface area (Å²) < 4.78 is 8.71. The molecule has 0 aromatic rings. The molecule has 0 saturated heterocycles. The van der Waals surface area contributed by atoms with Crippen LogP contribution >= 0.6 is 0 Å². The summed E-state index contributed by atoms with van der Waals surface area (Å²) in [7, 11) is 2.38. The van der Waals surface area contributed by atoms with Gasteiger partial charge in [-0.05, 0) is 0 Å². The van der Waals surface area contributed by atoms with Gasteiger partial charge in [0.1, 0.15) is 0 Å². The second kappa shape index (κ2) is 8.11. The Balaban J connectivity index is 0. The van der Waals surface area contributed by atoms with Gasteiger partial charge in [0, 0.05) is 6.42 Å². The first-order chi connectivity index (χ1) is 5.67. The number of terminal acetylenes is 1. The fraction of sp³-hybridized carbons (Fsp3) is 0.500. The van der Waals surface area contributed by atoms with Gasteiger partial charge in [-0.25, -0.2) is 0 Å². The van der Waals surface area contributed by atoms with Crippen molar-refractivity contribution >= 4 is 11.9 Å². The molecule has 0 aromatic heterocycles. The normalized spacial score (nSPS) is 8.15. The van der Waals surface area contributed by atoms with Gasteiger partial charge in [-0.15, -0.1) is 12.3 Å². The SMILES string of the molecule is C#CCC(C(=O)OC)C(=O)OC.[Na+]. The van der Waals surface area contributed by atoms with Crippen LogP contribution in [0.5, 0.6) is 0 Å². The van der Waals surface area contributed by atoms with Gasteiger partial charge < -0.3 is 9.47 Å². The van der Waals surface area contributed by atoms with E-state index in [0.29, 0.717) is 0 Å². The molecule has 4 nitrogen and oxygen atoms in total. The Kier molecular flexibility index (Phi) is 9.36. The van der Waals surface area contributed by atoms with E-state index in [2.05, 4.69) is 15.4 Å². The number of esters is 2. The third-order valence-corrected chi connectivity index (χ3v) is 1.29. The summed E-state index contributed by atoms with van der Waals surface area (Å²) in [5.41, 5.74) is 0. The van der Waals surface area contributed by atoms with E-state index in [9.17, 15) is 9.59 Å². The number of hydrogen-bond acceptors (Lipinski definition) is 4. The summed E-state index contributed by atoms with van der Waals surface area (Å²) in [4.78, 5) is 21.8. The second-order valence-corrected chi connectivity index (χ2v) is 2.01. The number of carbonyl (C=O) groups excluding carboxylic acids is 2. The van der Waals surface area contributed by atoms with Crippen LogP contribution < -0.4 is 29.6 Å². The van der Waals surface area contributed by atoms with E-state index in [4.69, 9.17) is 6.42 Å². The van der Waals surface area contributed by atoms with Crippen molar-refractivity contribution in [3.05, 3.63) is 0 Å². The summed E-state index contributed by atoms with van der Waals surface area (Å²) >= 11 is 0. The molecule has 5 heteroatoms. The van der Waals surface area contributed by atoms with Crippen molar-refractivity contribution in [1.29, 1.82) is 0 Å². The fourth-order valence-corrected chi connectivity index (χ4v) is 0.665. The minimum Gasteiger partial charge on any atom is -0.468 e. The van der Waals surface area contributed by atoms with E-state index in [1.807, 2.05) is 0 Å². The number of hydrogen-bond donors (Lipinski definition) is 0. The molecule has 0 aliphatic heterocycles. The van der Waals surface area contributed by atoms with Crippen molar-refractivity contribution in [2.75, 3.05) is 14.2 Å². The maximum atomic E-state index is 10.9. The Labute approximate surface area is 99.3 Å². The third kappa shape index (κ3) is 4.94. The van der Waals surface area contributed by atoms with E-state index in [0.717, 1.165) is 0 Å². The van der Waals surface area contributed by atoms with Crippen LogP contribution in [0.15, 0.2) is 0 Å². The van der Waals surface area contributed by atoms with Gasteiger partial charge in [-0.1, -0.05) is 0 Å². The molecule has 0 atom stereocenters. The molecule has 0 fully saturated rings. The number of ether oxygens (including phenoxy) is 2. The van der Waals surface area contributed by atoms with E-state index in [1.54, 1.807) is 0 Å². The molecule has 0 aliphatic carbocycles. The Morgan fingerprint density at radius 2 is 1.69 bits per heavy atom. The molecule has 13 heavy (non-hydrogen) atoms. The molecule has 0 rings (SSSR count). The molecule has 66 valence electrons. The average molecular weight is 193 g/mol. The largest absolute Gasteiger partial charge is 1.00 e. The predicted octanol–water partition coefficient (Wildman–Crippen LogP) is -3.02. The molecular formula is C8H10NaO4+. The van der Waals surface area contributed by atoms with Crippen molar-refractivity contribution < 1.29 is 48.6 Å². The smallest absolute Gasteiger partial charge is 0.468 e. The first-order valence-corrected chi connectivity index (χ1v) is 3.26. The Morgan fingerprint density at radius 3 is 1.92 bits per heavy atom. The van der Waals surface area contributed by atoms with Crippen molar-refractivity contribution in [3.63, 3.8) is 0 Å². The van der Waals surface area contributed by atoms with Gasteiger partial charge in [0.15, 0.2) is 5.92 Å². The predicted molar refractivity (Wildman–Crippen MR) is 41.0 cm³/mol. The first-order valence-electron chi connectivity index (χ1n) is 3.26. The fourth-order valence-electron chi connectivity index (χ4n) is 0.665. The van der Waals surface area contributed by atoms with Crippen LogP contribution in [0.25, 0.3) is 0 Å². The third-order valence-electron chi connectivity index (χ3n) is 1.29. The Morgan fingerprint density at radius 1 is 1.31 bits per heavy atom. The van der Waals surface area contributed by atoms with Crippen molar-refractivity contribution in [3.8, 4) is 12.3 Å². The molecule has 0 heterocycles. The summed E-state index contributed by atoms with van der Waals surface area (Å²) in [6.07, 6.45) is 4.95. The van der Waals surface area contributed by atoms with Gasteiger partial charge in [0.2, 0.25) is 0 Å². The van der Waals surface area contributed by atoms with Crippen molar-refractivity contribution in [2.24, 2.45) is 5.92 Å². The zero-order chi connectivity index (χ0) is 9.56. The molecule has 0 aromatic carbocycles. The minimum atomic E-state index is -0.995. The second-order valence-electron chi connectivity index (χ2n) is 2.01. The van der Waals surface area contributed by atoms with Gasteiger partial charge in [-0.2, -0.15) is 0 Å². The summed E-state index contributed by atoms with van der Waals surface area (Å²) in [6, 6.07) is 0. The monoisotopic (exact) mass is 193 g/mol. The quantitative estimate of drug-likeness (QED) is 0.207. The summed E-state index contributed by atoms with van der Waals surface area (Å²) in [5.74, 6) is -0.133. The molecule has 0 radical (unpaired) electrons. The molecule has 0 N–H and O–H groups in total. The van der Waals surface area contributed by atoms with Crippen LogP contribution in [0.2, 0.25) is 0 Å². The minimum absolute atomic E-state index is 0. The van der Waals surface area contributed by atoms with Crippen LogP contribution in [0.4, 0.5) is 0 Å². The van der Waals surface area contributed by atoms with Crippen LogP contribution in [0.1, 0.15) is 6.42 Å². The molecule has 0 amide bonds. The van der Waals surface area contributed by atoms with Crippen LogP contribution in [-0.2, 0) is 19.1 Å². The summed E-state index contributed by atoms with van der Waals surface area (Å²) in [6.45, 7) is 0. The molecule has 0 unspecified atom stereocenters. The zero-order valence-corrected chi connectivity index (χ0v) is 9.99. The van der Waals surface area contributed by atoms with Gasteiger partial charge in [0.05, 0.1) is 14.2 Å². The molecule has 0 spiro atoms. The topological polar surface area (TPSA) is 52.6 Å². The summed E-state index contributed by atoms with van der Waals surface area (Å²) in [5, 5.41) is 0. The maximum absolute atomic E-state index is 10.9. The van der Waals surface area contributed by atoms with Crippen LogP contribution in [0.3, 0.4) is 0 Å². The average Bonchev–Trinajstić information content (AvgIpc) is 2.11. The van der Waals surface area contributed by atoms with E-state index in [1.165, 1.54) is 14.2 Å². The standard InChI is InChI=1S/C8H10O4.Na/c1-4-5-6(7(9)11-2)8(10)12-3;/h1,6H,5H2,2-3H3;/q;+1. The number of carbonyl (C=O) groups is 2. The van der Waals surface area contributed by atoms with E-state index >= 15 is 0 Å². The van der Waals surface area contributed by atoms with E-state index < -0.39 is 17.9 Å². The first kappa shape index (κ1) is 15.0. The van der Waals surface area contributed by atoms with Gasteiger partial charge in [0.25, 0.3) is 0 Å². The Hall–Kier alpha value is -0.500. The molecular weight excluding hydrogens is 183 g/mol. The zero-order valence-electron chi connectivity index (χ0n) is 7.99.